The summed E-state index contributed by atoms with van der Waals surface area (Å²) in [5.74, 6) is -0.242. The van der Waals surface area contributed by atoms with Gasteiger partial charge in [-0.25, -0.2) is 0 Å². The maximum absolute atomic E-state index is 12.0. The van der Waals surface area contributed by atoms with Crippen LogP contribution in [0, 0.1) is 13.8 Å². The summed E-state index contributed by atoms with van der Waals surface area (Å²) in [4.78, 5) is 25.5. The standard InChI is InChI=1S/C17H24N4O2S/c1-12-7-8-13(2)14(10-12)18-17(24)20-19-15(22)11-21-9-5-3-4-6-16(21)23/h7-8,10H,3-6,9,11H2,1-2H3,(H,19,22)(H2,18,20,24). The Morgan fingerprint density at radius 1 is 1.21 bits per heavy atom. The fourth-order valence-electron chi connectivity index (χ4n) is 2.57. The largest absolute Gasteiger partial charge is 0.333 e. The molecule has 24 heavy (non-hydrogen) atoms. The highest BCUT2D eigenvalue weighted by molar-refractivity contribution is 7.80. The molecule has 1 fully saturated rings. The second-order valence-corrected chi connectivity index (χ2v) is 6.48. The molecule has 6 nitrogen and oxygen atoms in total. The van der Waals surface area contributed by atoms with E-state index in [0.717, 1.165) is 36.1 Å². The molecule has 0 radical (unpaired) electrons. The van der Waals surface area contributed by atoms with Crippen LogP contribution in [0.3, 0.4) is 0 Å². The number of rotatable bonds is 3. The number of nitrogens with one attached hydrogen (secondary N) is 3. The summed E-state index contributed by atoms with van der Waals surface area (Å²) in [6.07, 6.45) is 3.40. The van der Waals surface area contributed by atoms with Crippen LogP contribution in [-0.4, -0.2) is 34.9 Å². The number of nitrogens with zero attached hydrogens (tertiary/aromatic N) is 1. The second-order valence-electron chi connectivity index (χ2n) is 6.07. The Hall–Kier alpha value is -2.15. The number of hydrogen-bond donors (Lipinski definition) is 3. The molecule has 0 saturated carbocycles. The number of likely N-dealkylation sites (tertiary alicyclic amines) is 1. The number of carbonyl (C=O) groups is 2. The Labute approximate surface area is 148 Å². The molecule has 0 aliphatic carbocycles. The zero-order chi connectivity index (χ0) is 17.5. The number of hydrazine groups is 1. The molecule has 0 spiro atoms. The van der Waals surface area contributed by atoms with Gasteiger partial charge in [0.05, 0.1) is 0 Å². The van der Waals surface area contributed by atoms with E-state index in [1.54, 1.807) is 4.90 Å². The molecular formula is C17H24N4O2S. The van der Waals surface area contributed by atoms with Crippen LogP contribution in [0.2, 0.25) is 0 Å². The topological polar surface area (TPSA) is 73.5 Å². The number of hydrogen-bond acceptors (Lipinski definition) is 3. The number of amides is 2. The van der Waals surface area contributed by atoms with Gasteiger partial charge < -0.3 is 10.2 Å². The minimum Gasteiger partial charge on any atom is -0.333 e. The first-order valence-electron chi connectivity index (χ1n) is 8.16. The lowest BCUT2D eigenvalue weighted by Crippen LogP contribution is -2.48. The molecule has 0 atom stereocenters. The van der Waals surface area contributed by atoms with E-state index >= 15 is 0 Å². The van der Waals surface area contributed by atoms with Crippen LogP contribution in [0.4, 0.5) is 5.69 Å². The van der Waals surface area contributed by atoms with Gasteiger partial charge in [-0.15, -0.1) is 0 Å². The van der Waals surface area contributed by atoms with Crippen molar-refractivity contribution in [2.75, 3.05) is 18.4 Å². The van der Waals surface area contributed by atoms with Gasteiger partial charge in [-0.2, -0.15) is 0 Å². The zero-order valence-corrected chi connectivity index (χ0v) is 15.0. The summed E-state index contributed by atoms with van der Waals surface area (Å²) in [6, 6.07) is 6.02. The molecule has 7 heteroatoms. The summed E-state index contributed by atoms with van der Waals surface area (Å²) in [5, 5.41) is 3.36. The summed E-state index contributed by atoms with van der Waals surface area (Å²) >= 11 is 5.19. The van der Waals surface area contributed by atoms with Crippen molar-refractivity contribution >= 4 is 34.8 Å². The van der Waals surface area contributed by atoms with Crippen molar-refractivity contribution in [3.63, 3.8) is 0 Å². The molecular weight excluding hydrogens is 324 g/mol. The fourth-order valence-corrected chi connectivity index (χ4v) is 2.73. The lowest BCUT2D eigenvalue weighted by molar-refractivity contribution is -0.135. The number of carbonyl (C=O) groups excluding carboxylic acids is 2. The highest BCUT2D eigenvalue weighted by Crippen LogP contribution is 2.16. The van der Waals surface area contributed by atoms with E-state index in [9.17, 15) is 9.59 Å². The average Bonchev–Trinajstić information content (AvgIpc) is 2.74. The molecule has 3 N–H and O–H groups in total. The molecule has 0 bridgehead atoms. The normalized spacial score (nSPS) is 14.8. The summed E-state index contributed by atoms with van der Waals surface area (Å²) in [7, 11) is 0. The van der Waals surface area contributed by atoms with Gasteiger partial charge in [0.15, 0.2) is 5.11 Å². The van der Waals surface area contributed by atoms with Crippen LogP contribution in [0.15, 0.2) is 18.2 Å². The Morgan fingerprint density at radius 3 is 2.79 bits per heavy atom. The summed E-state index contributed by atoms with van der Waals surface area (Å²) in [6.45, 7) is 4.67. The lowest BCUT2D eigenvalue weighted by Gasteiger charge is -2.20. The van der Waals surface area contributed by atoms with E-state index in [1.807, 2.05) is 32.0 Å². The first-order valence-corrected chi connectivity index (χ1v) is 8.57. The van der Waals surface area contributed by atoms with E-state index in [1.165, 1.54) is 0 Å². The molecule has 0 unspecified atom stereocenters. The predicted octanol–water partition coefficient (Wildman–Crippen LogP) is 2.02. The Morgan fingerprint density at radius 2 is 2.00 bits per heavy atom. The molecule has 1 aromatic carbocycles. The maximum Gasteiger partial charge on any atom is 0.257 e. The SMILES string of the molecule is Cc1ccc(C)c(NC(=S)NNC(=O)CN2CCCCCC2=O)c1. The third-order valence-corrected chi connectivity index (χ3v) is 4.17. The summed E-state index contributed by atoms with van der Waals surface area (Å²) in [5.41, 5.74) is 8.29. The van der Waals surface area contributed by atoms with E-state index in [0.29, 0.717) is 18.1 Å². The number of anilines is 1. The van der Waals surface area contributed by atoms with Crippen LogP contribution in [0.25, 0.3) is 0 Å². The molecule has 130 valence electrons. The Kier molecular flexibility index (Phi) is 6.54. The molecule has 2 rings (SSSR count). The quantitative estimate of drug-likeness (QED) is 0.576. The highest BCUT2D eigenvalue weighted by Gasteiger charge is 2.19. The first kappa shape index (κ1) is 18.2. The van der Waals surface area contributed by atoms with Crippen molar-refractivity contribution in [1.29, 1.82) is 0 Å². The van der Waals surface area contributed by atoms with Gasteiger partial charge in [-0.05, 0) is 56.1 Å². The van der Waals surface area contributed by atoms with Crippen molar-refractivity contribution in [2.45, 2.75) is 39.5 Å². The lowest BCUT2D eigenvalue weighted by atomic mass is 10.1. The minimum atomic E-state index is -0.282. The highest BCUT2D eigenvalue weighted by atomic mass is 32.1. The Balaban J connectivity index is 1.79. The van der Waals surface area contributed by atoms with Crippen molar-refractivity contribution in [1.82, 2.24) is 15.8 Å². The first-order chi connectivity index (χ1) is 11.5. The number of thiocarbonyl (C=S) groups is 1. The van der Waals surface area contributed by atoms with Crippen LogP contribution < -0.4 is 16.2 Å². The van der Waals surface area contributed by atoms with Gasteiger partial charge in [-0.1, -0.05) is 18.6 Å². The van der Waals surface area contributed by atoms with Gasteiger partial charge >= 0.3 is 0 Å². The molecule has 1 heterocycles. The number of benzene rings is 1. The smallest absolute Gasteiger partial charge is 0.257 e. The van der Waals surface area contributed by atoms with Gasteiger partial charge in [0.2, 0.25) is 5.91 Å². The van der Waals surface area contributed by atoms with Crippen molar-refractivity contribution < 1.29 is 9.59 Å². The van der Waals surface area contributed by atoms with Gasteiger partial charge in [-0.3, -0.25) is 20.4 Å². The number of aryl methyl sites for hydroxylation is 2. The molecule has 2 amide bonds. The van der Waals surface area contributed by atoms with E-state index < -0.39 is 0 Å². The van der Waals surface area contributed by atoms with Gasteiger partial charge in [0.1, 0.15) is 6.54 Å². The van der Waals surface area contributed by atoms with Crippen LogP contribution >= 0.6 is 12.2 Å². The van der Waals surface area contributed by atoms with Crippen LogP contribution in [-0.2, 0) is 9.59 Å². The second kappa shape index (κ2) is 8.63. The average molecular weight is 348 g/mol. The monoisotopic (exact) mass is 348 g/mol. The molecule has 1 aromatic rings. The molecule has 0 aromatic heterocycles. The predicted molar refractivity (Wildman–Crippen MR) is 98.5 cm³/mol. The molecule has 1 saturated heterocycles. The van der Waals surface area contributed by atoms with Gasteiger partial charge in [0.25, 0.3) is 5.91 Å². The van der Waals surface area contributed by atoms with E-state index in [-0.39, 0.29) is 18.4 Å². The van der Waals surface area contributed by atoms with Crippen molar-refractivity contribution in [3.8, 4) is 0 Å². The third-order valence-electron chi connectivity index (χ3n) is 3.96. The molecule has 1 aliphatic rings. The van der Waals surface area contributed by atoms with Crippen LogP contribution in [0.5, 0.6) is 0 Å². The van der Waals surface area contributed by atoms with E-state index in [2.05, 4.69) is 16.2 Å². The molecule has 1 aliphatic heterocycles. The minimum absolute atomic E-state index is 0.0405. The van der Waals surface area contributed by atoms with E-state index in [4.69, 9.17) is 12.2 Å². The fraction of sp³-hybridized carbons (Fsp3) is 0.471. The van der Waals surface area contributed by atoms with Crippen molar-refractivity contribution in [2.24, 2.45) is 0 Å². The van der Waals surface area contributed by atoms with Crippen molar-refractivity contribution in [3.05, 3.63) is 29.3 Å². The maximum atomic E-state index is 12.0. The van der Waals surface area contributed by atoms with Gasteiger partial charge in [0, 0.05) is 18.7 Å². The zero-order valence-electron chi connectivity index (χ0n) is 14.1. The Bertz CT molecular complexity index is 633. The summed E-state index contributed by atoms with van der Waals surface area (Å²) < 4.78 is 0. The third kappa shape index (κ3) is 5.49. The van der Waals surface area contributed by atoms with Crippen LogP contribution in [0.1, 0.15) is 36.8 Å².